The van der Waals surface area contributed by atoms with Crippen molar-refractivity contribution in [1.29, 1.82) is 0 Å². The van der Waals surface area contributed by atoms with Crippen molar-refractivity contribution in [2.75, 3.05) is 6.54 Å². The number of pyridine rings is 1. The summed E-state index contributed by atoms with van der Waals surface area (Å²) in [5, 5.41) is 0.00270. The number of aromatic nitrogens is 1. The maximum absolute atomic E-state index is 14.3. The summed E-state index contributed by atoms with van der Waals surface area (Å²) >= 11 is 6.02. The van der Waals surface area contributed by atoms with Gasteiger partial charge in [0, 0.05) is 24.4 Å². The number of hydrogen-bond acceptors (Lipinski definition) is 4. The SMILES string of the molecule is FC1=Cc2c(ccnc2Cl)C2(C1)CN1C=C(C(F)(F)F)C=C(OC(F)F)C1=N2. The number of allylic oxidation sites excluding steroid dienone is 2. The van der Waals surface area contributed by atoms with Gasteiger partial charge in [-0.25, -0.2) is 9.37 Å². The Bertz CT molecular complexity index is 968. The largest absolute Gasteiger partial charge is 0.431 e. The van der Waals surface area contributed by atoms with Crippen molar-refractivity contribution >= 4 is 23.5 Å². The van der Waals surface area contributed by atoms with Gasteiger partial charge in [-0.15, -0.1) is 0 Å². The lowest BCUT2D eigenvalue weighted by Crippen LogP contribution is -2.36. The predicted octanol–water partition coefficient (Wildman–Crippen LogP) is 4.94. The highest BCUT2D eigenvalue weighted by molar-refractivity contribution is 6.31. The molecule has 11 heteroatoms. The molecule has 0 saturated heterocycles. The Hall–Kier alpha value is -2.49. The van der Waals surface area contributed by atoms with Crippen molar-refractivity contribution < 1.29 is 31.1 Å². The Labute approximate surface area is 159 Å². The van der Waals surface area contributed by atoms with E-state index in [1.54, 1.807) is 0 Å². The van der Waals surface area contributed by atoms with Crippen LogP contribution in [0.5, 0.6) is 0 Å². The molecule has 4 rings (SSSR count). The molecule has 4 nitrogen and oxygen atoms in total. The minimum atomic E-state index is -4.79. The van der Waals surface area contributed by atoms with Gasteiger partial charge in [0.25, 0.3) is 0 Å². The van der Waals surface area contributed by atoms with Gasteiger partial charge >= 0.3 is 12.8 Å². The Morgan fingerprint density at radius 2 is 2.00 bits per heavy atom. The molecule has 3 heterocycles. The summed E-state index contributed by atoms with van der Waals surface area (Å²) in [6, 6.07) is 1.53. The van der Waals surface area contributed by atoms with Crippen LogP contribution >= 0.6 is 11.6 Å². The van der Waals surface area contributed by atoms with Gasteiger partial charge in [0.15, 0.2) is 11.6 Å². The van der Waals surface area contributed by atoms with Gasteiger partial charge < -0.3 is 9.64 Å². The topological polar surface area (TPSA) is 37.7 Å². The van der Waals surface area contributed by atoms with E-state index in [-0.39, 0.29) is 29.5 Å². The lowest BCUT2D eigenvalue weighted by molar-refractivity contribution is -0.0981. The van der Waals surface area contributed by atoms with Crippen LogP contribution in [0.25, 0.3) is 6.08 Å². The fourth-order valence-corrected chi connectivity index (χ4v) is 3.74. The molecule has 3 aliphatic rings. The number of hydrogen-bond donors (Lipinski definition) is 0. The molecule has 0 saturated carbocycles. The highest BCUT2D eigenvalue weighted by Crippen LogP contribution is 2.47. The van der Waals surface area contributed by atoms with Crippen LogP contribution in [-0.4, -0.2) is 35.1 Å². The fraction of sp³-hybridized carbons (Fsp3) is 0.294. The summed E-state index contributed by atoms with van der Waals surface area (Å²) in [5.74, 6) is -1.58. The maximum atomic E-state index is 14.3. The summed E-state index contributed by atoms with van der Waals surface area (Å²) < 4.78 is 83.6. The number of amidine groups is 1. The van der Waals surface area contributed by atoms with E-state index in [1.807, 2.05) is 0 Å². The number of ether oxygens (including phenoxy) is 1. The Morgan fingerprint density at radius 3 is 2.68 bits per heavy atom. The van der Waals surface area contributed by atoms with E-state index >= 15 is 0 Å². The quantitative estimate of drug-likeness (QED) is 0.501. The Morgan fingerprint density at radius 1 is 1.25 bits per heavy atom. The lowest BCUT2D eigenvalue weighted by atomic mass is 9.81. The summed E-state index contributed by atoms with van der Waals surface area (Å²) in [7, 11) is 0. The Kier molecular flexibility index (Phi) is 4.22. The van der Waals surface area contributed by atoms with Crippen LogP contribution in [0.1, 0.15) is 17.5 Å². The minimum absolute atomic E-state index is 0.00270. The van der Waals surface area contributed by atoms with Crippen molar-refractivity contribution in [1.82, 2.24) is 9.88 Å². The van der Waals surface area contributed by atoms with Gasteiger partial charge in [-0.2, -0.15) is 22.0 Å². The van der Waals surface area contributed by atoms with Gasteiger partial charge in [-0.3, -0.25) is 4.99 Å². The van der Waals surface area contributed by atoms with E-state index in [0.717, 1.165) is 11.1 Å². The zero-order valence-electron chi connectivity index (χ0n) is 13.8. The van der Waals surface area contributed by atoms with Crippen LogP contribution in [0, 0.1) is 0 Å². The van der Waals surface area contributed by atoms with Crippen LogP contribution in [0.2, 0.25) is 5.15 Å². The molecule has 148 valence electrons. The van der Waals surface area contributed by atoms with Gasteiger partial charge in [-0.1, -0.05) is 11.6 Å². The molecule has 0 N–H and O–H groups in total. The van der Waals surface area contributed by atoms with Gasteiger partial charge in [-0.05, 0) is 23.8 Å². The second kappa shape index (κ2) is 6.26. The normalized spacial score (nSPS) is 23.8. The number of alkyl halides is 5. The number of halogens is 7. The van der Waals surface area contributed by atoms with Gasteiger partial charge in [0.1, 0.15) is 16.5 Å². The monoisotopic (exact) mass is 421 g/mol. The first-order chi connectivity index (χ1) is 13.1. The van der Waals surface area contributed by atoms with Crippen LogP contribution < -0.4 is 0 Å². The third-order valence-corrected chi connectivity index (χ3v) is 4.88. The van der Waals surface area contributed by atoms with E-state index < -0.39 is 35.5 Å². The van der Waals surface area contributed by atoms with Gasteiger partial charge in [0.2, 0.25) is 0 Å². The fourth-order valence-electron chi connectivity index (χ4n) is 3.52. The lowest BCUT2D eigenvalue weighted by Gasteiger charge is -2.32. The van der Waals surface area contributed by atoms with E-state index in [9.17, 15) is 26.3 Å². The van der Waals surface area contributed by atoms with E-state index in [2.05, 4.69) is 14.7 Å². The Balaban J connectivity index is 1.85. The molecule has 1 aromatic heterocycles. The first-order valence-electron chi connectivity index (χ1n) is 7.92. The van der Waals surface area contributed by atoms with Crippen molar-refractivity contribution in [3.05, 3.63) is 58.0 Å². The first-order valence-corrected chi connectivity index (χ1v) is 8.30. The number of nitrogens with zero attached hydrogens (tertiary/aromatic N) is 3. The molecule has 1 atom stereocenters. The van der Waals surface area contributed by atoms with Gasteiger partial charge in [0.05, 0.1) is 12.1 Å². The molecule has 1 aliphatic carbocycles. The summed E-state index contributed by atoms with van der Waals surface area (Å²) in [6.45, 7) is -3.56. The van der Waals surface area contributed by atoms with Crippen molar-refractivity contribution in [2.45, 2.75) is 24.7 Å². The molecule has 0 fully saturated rings. The first kappa shape index (κ1) is 18.9. The third kappa shape index (κ3) is 3.05. The van der Waals surface area contributed by atoms with Crippen LogP contribution in [0.3, 0.4) is 0 Å². The van der Waals surface area contributed by atoms with Crippen molar-refractivity contribution in [3.63, 3.8) is 0 Å². The second-order valence-electron chi connectivity index (χ2n) is 6.40. The smallest absolute Gasteiger partial charge is 0.417 e. The van der Waals surface area contributed by atoms with Crippen molar-refractivity contribution in [3.8, 4) is 0 Å². The predicted molar refractivity (Wildman–Crippen MR) is 88.1 cm³/mol. The summed E-state index contributed by atoms with van der Waals surface area (Å²) in [4.78, 5) is 9.23. The van der Waals surface area contributed by atoms with Crippen LogP contribution in [0.15, 0.2) is 46.7 Å². The highest BCUT2D eigenvalue weighted by atomic mass is 35.5. The van der Waals surface area contributed by atoms with E-state index in [4.69, 9.17) is 11.6 Å². The summed E-state index contributed by atoms with van der Waals surface area (Å²) in [5.41, 5.74) is -1.84. The van der Waals surface area contributed by atoms with E-state index in [1.165, 1.54) is 18.3 Å². The molecule has 0 radical (unpaired) electrons. The van der Waals surface area contributed by atoms with Crippen LogP contribution in [0.4, 0.5) is 26.3 Å². The van der Waals surface area contributed by atoms with E-state index in [0.29, 0.717) is 11.6 Å². The zero-order valence-corrected chi connectivity index (χ0v) is 14.5. The molecule has 0 aromatic carbocycles. The van der Waals surface area contributed by atoms with Crippen LogP contribution in [-0.2, 0) is 10.3 Å². The molecule has 1 aromatic rings. The molecule has 28 heavy (non-hydrogen) atoms. The zero-order chi connectivity index (χ0) is 20.3. The number of rotatable bonds is 2. The molecule has 0 amide bonds. The maximum Gasteiger partial charge on any atom is 0.417 e. The number of fused-ring (bicyclic) bond motifs is 3. The minimum Gasteiger partial charge on any atom is -0.431 e. The molecule has 1 unspecified atom stereocenters. The van der Waals surface area contributed by atoms with Crippen molar-refractivity contribution in [2.24, 2.45) is 4.99 Å². The molecule has 0 bridgehead atoms. The average molecular weight is 422 g/mol. The molecular weight excluding hydrogens is 412 g/mol. The molecule has 1 spiro atoms. The third-order valence-electron chi connectivity index (χ3n) is 4.57. The second-order valence-corrected chi connectivity index (χ2v) is 6.75. The molecular formula is C17H10ClF6N3O. The highest BCUT2D eigenvalue weighted by Gasteiger charge is 2.48. The number of aliphatic imine (C=N–C) groups is 1. The summed E-state index contributed by atoms with van der Waals surface area (Å²) in [6.07, 6.45) is -1.32. The average Bonchev–Trinajstić information content (AvgIpc) is 2.93. The molecule has 2 aliphatic heterocycles. The standard InChI is InChI=1S/C17H10ClF6N3O/c18-13-10-4-9(19)5-16(11(10)1-2-25-13)7-27-6-8(17(22,23)24)3-12(14(27)26-16)28-15(20)21/h1-4,6,15H,5,7H2.